The van der Waals surface area contributed by atoms with E-state index in [2.05, 4.69) is 5.32 Å². The number of nitrogens with two attached hydrogens (primary N) is 1. The molecule has 1 heterocycles. The summed E-state index contributed by atoms with van der Waals surface area (Å²) in [6, 6.07) is 8.87. The predicted octanol–water partition coefficient (Wildman–Crippen LogP) is 2.18. The number of ether oxygens (including phenoxy) is 1. The van der Waals surface area contributed by atoms with Gasteiger partial charge in [-0.05, 0) is 40.9 Å². The molecule has 3 N–H and O–H groups in total. The monoisotopic (exact) mass is 304 g/mol. The molecule has 0 aliphatic rings. The van der Waals surface area contributed by atoms with Crippen molar-refractivity contribution >= 4 is 28.8 Å². The van der Waals surface area contributed by atoms with Gasteiger partial charge in [-0.15, -0.1) is 0 Å². The molecule has 0 fully saturated rings. The first-order chi connectivity index (χ1) is 10.1. The summed E-state index contributed by atoms with van der Waals surface area (Å²) < 4.78 is 5.18. The Hall–Kier alpha value is -2.34. The number of amides is 2. The maximum Gasteiger partial charge on any atom is 0.255 e. The second-order valence-corrected chi connectivity index (χ2v) is 5.24. The second kappa shape index (κ2) is 7.44. The molecule has 0 aliphatic carbocycles. The van der Waals surface area contributed by atoms with Gasteiger partial charge in [-0.1, -0.05) is 6.07 Å². The van der Waals surface area contributed by atoms with Crippen molar-refractivity contribution in [3.8, 4) is 5.75 Å². The van der Waals surface area contributed by atoms with Gasteiger partial charge in [-0.25, -0.2) is 0 Å². The van der Waals surface area contributed by atoms with Crippen LogP contribution in [0.1, 0.15) is 12.0 Å². The van der Waals surface area contributed by atoms with Crippen molar-refractivity contribution in [2.75, 3.05) is 11.9 Å². The van der Waals surface area contributed by atoms with Gasteiger partial charge in [0.15, 0.2) is 6.61 Å². The number of hydrogen-bond donors (Lipinski definition) is 2. The molecule has 0 bridgehead atoms. The summed E-state index contributed by atoms with van der Waals surface area (Å²) in [5.41, 5.74) is 6.80. The van der Waals surface area contributed by atoms with E-state index >= 15 is 0 Å². The molecular formula is C15H16N2O3S. The molecule has 6 heteroatoms. The van der Waals surface area contributed by atoms with Crippen LogP contribution in [0.3, 0.4) is 0 Å². The van der Waals surface area contributed by atoms with E-state index in [4.69, 9.17) is 10.5 Å². The number of carbonyl (C=O) groups is 2. The van der Waals surface area contributed by atoms with Crippen molar-refractivity contribution in [3.63, 3.8) is 0 Å². The summed E-state index contributed by atoms with van der Waals surface area (Å²) in [6.45, 7) is -0.185. The van der Waals surface area contributed by atoms with E-state index in [9.17, 15) is 9.59 Å². The van der Waals surface area contributed by atoms with E-state index < -0.39 is 5.91 Å². The third-order valence-electron chi connectivity index (χ3n) is 2.72. The van der Waals surface area contributed by atoms with Crippen molar-refractivity contribution in [2.24, 2.45) is 5.73 Å². The standard InChI is InChI=1S/C15H16N2O3S/c16-14(18)9-20-13-3-1-2-12(8-13)17-15(19)5-4-11-6-7-21-10-11/h1-3,6-8,10H,4-5,9H2,(H2,16,18)(H,17,19). The van der Waals surface area contributed by atoms with E-state index in [1.807, 2.05) is 16.8 Å². The molecule has 0 saturated carbocycles. The van der Waals surface area contributed by atoms with Crippen molar-refractivity contribution in [3.05, 3.63) is 46.7 Å². The molecular weight excluding hydrogens is 288 g/mol. The van der Waals surface area contributed by atoms with Gasteiger partial charge in [0.1, 0.15) is 5.75 Å². The molecule has 2 aromatic rings. The van der Waals surface area contributed by atoms with Crippen LogP contribution in [0.5, 0.6) is 5.75 Å². The molecule has 1 aromatic heterocycles. The summed E-state index contributed by atoms with van der Waals surface area (Å²) in [7, 11) is 0. The molecule has 2 amide bonds. The molecule has 0 saturated heterocycles. The fraction of sp³-hybridized carbons (Fsp3) is 0.200. The summed E-state index contributed by atoms with van der Waals surface area (Å²) in [6.07, 6.45) is 1.14. The maximum absolute atomic E-state index is 11.9. The van der Waals surface area contributed by atoms with Gasteiger partial charge in [-0.3, -0.25) is 9.59 Å². The van der Waals surface area contributed by atoms with Gasteiger partial charge >= 0.3 is 0 Å². The number of carbonyl (C=O) groups excluding carboxylic acids is 2. The summed E-state index contributed by atoms with van der Waals surface area (Å²) in [4.78, 5) is 22.5. The lowest BCUT2D eigenvalue weighted by molar-refractivity contribution is -0.120. The van der Waals surface area contributed by atoms with Crippen LogP contribution in [0.25, 0.3) is 0 Å². The quantitative estimate of drug-likeness (QED) is 0.822. The molecule has 0 aliphatic heterocycles. The number of thiophene rings is 1. The van der Waals surface area contributed by atoms with Crippen LogP contribution in [-0.2, 0) is 16.0 Å². The van der Waals surface area contributed by atoms with Crippen LogP contribution in [0.2, 0.25) is 0 Å². The Labute approximate surface area is 126 Å². The maximum atomic E-state index is 11.9. The fourth-order valence-corrected chi connectivity index (χ4v) is 2.44. The first kappa shape index (κ1) is 15.1. The molecule has 21 heavy (non-hydrogen) atoms. The van der Waals surface area contributed by atoms with Gasteiger partial charge in [0, 0.05) is 18.2 Å². The van der Waals surface area contributed by atoms with Crippen LogP contribution < -0.4 is 15.8 Å². The van der Waals surface area contributed by atoms with Gasteiger partial charge in [-0.2, -0.15) is 11.3 Å². The van der Waals surface area contributed by atoms with Crippen LogP contribution in [0.15, 0.2) is 41.1 Å². The number of hydrogen-bond acceptors (Lipinski definition) is 4. The van der Waals surface area contributed by atoms with Crippen LogP contribution in [-0.4, -0.2) is 18.4 Å². The van der Waals surface area contributed by atoms with Gasteiger partial charge in [0.2, 0.25) is 5.91 Å². The normalized spacial score (nSPS) is 10.1. The van der Waals surface area contributed by atoms with Crippen molar-refractivity contribution in [1.82, 2.24) is 0 Å². The molecule has 0 spiro atoms. The van der Waals surface area contributed by atoms with E-state index in [1.54, 1.807) is 35.6 Å². The highest BCUT2D eigenvalue weighted by molar-refractivity contribution is 7.07. The zero-order valence-electron chi connectivity index (χ0n) is 11.4. The SMILES string of the molecule is NC(=O)COc1cccc(NC(=O)CCc2ccsc2)c1. The summed E-state index contributed by atoms with van der Waals surface area (Å²) >= 11 is 1.62. The summed E-state index contributed by atoms with van der Waals surface area (Å²) in [5.74, 6) is -0.113. The zero-order valence-corrected chi connectivity index (χ0v) is 12.2. The van der Waals surface area contributed by atoms with Crippen LogP contribution in [0, 0.1) is 0 Å². The number of rotatable bonds is 7. The fourth-order valence-electron chi connectivity index (χ4n) is 1.73. The van der Waals surface area contributed by atoms with E-state index in [0.29, 0.717) is 24.3 Å². The third kappa shape index (κ3) is 5.27. The van der Waals surface area contributed by atoms with E-state index in [0.717, 1.165) is 5.56 Å². The molecule has 110 valence electrons. The Morgan fingerprint density at radius 1 is 1.29 bits per heavy atom. The topological polar surface area (TPSA) is 81.4 Å². The minimum Gasteiger partial charge on any atom is -0.484 e. The van der Waals surface area contributed by atoms with Gasteiger partial charge < -0.3 is 15.8 Å². The molecule has 0 unspecified atom stereocenters. The van der Waals surface area contributed by atoms with Crippen molar-refractivity contribution < 1.29 is 14.3 Å². The first-order valence-corrected chi connectivity index (χ1v) is 7.40. The molecule has 1 aromatic carbocycles. The number of primary amides is 1. The minimum absolute atomic E-state index is 0.0618. The van der Waals surface area contributed by atoms with Crippen molar-refractivity contribution in [1.29, 1.82) is 0 Å². The number of aryl methyl sites for hydroxylation is 1. The number of anilines is 1. The Bertz CT molecular complexity index is 611. The lowest BCUT2D eigenvalue weighted by atomic mass is 10.2. The third-order valence-corrected chi connectivity index (χ3v) is 3.45. The van der Waals surface area contributed by atoms with Gasteiger partial charge in [0.05, 0.1) is 0 Å². The lowest BCUT2D eigenvalue weighted by Gasteiger charge is -2.08. The Kier molecular flexibility index (Phi) is 5.34. The highest BCUT2D eigenvalue weighted by Crippen LogP contribution is 2.18. The second-order valence-electron chi connectivity index (χ2n) is 4.46. The average molecular weight is 304 g/mol. The molecule has 2 rings (SSSR count). The first-order valence-electron chi connectivity index (χ1n) is 6.45. The molecule has 0 atom stereocenters. The van der Waals surface area contributed by atoms with E-state index in [-0.39, 0.29) is 12.5 Å². The van der Waals surface area contributed by atoms with Crippen LogP contribution >= 0.6 is 11.3 Å². The highest BCUT2D eigenvalue weighted by Gasteiger charge is 2.05. The predicted molar refractivity (Wildman–Crippen MR) is 82.4 cm³/mol. The highest BCUT2D eigenvalue weighted by atomic mass is 32.1. The largest absolute Gasteiger partial charge is 0.484 e. The average Bonchev–Trinajstić information content (AvgIpc) is 2.97. The summed E-state index contributed by atoms with van der Waals surface area (Å²) in [5, 5.41) is 6.83. The Morgan fingerprint density at radius 3 is 2.86 bits per heavy atom. The Balaban J connectivity index is 1.85. The van der Waals surface area contributed by atoms with Gasteiger partial charge in [0.25, 0.3) is 5.91 Å². The van der Waals surface area contributed by atoms with Crippen molar-refractivity contribution in [2.45, 2.75) is 12.8 Å². The smallest absolute Gasteiger partial charge is 0.255 e. The molecule has 0 radical (unpaired) electrons. The minimum atomic E-state index is -0.541. The number of benzene rings is 1. The lowest BCUT2D eigenvalue weighted by Crippen LogP contribution is -2.20. The molecule has 5 nitrogen and oxygen atoms in total. The van der Waals surface area contributed by atoms with Crippen LogP contribution in [0.4, 0.5) is 5.69 Å². The number of nitrogens with one attached hydrogen (secondary N) is 1. The zero-order chi connectivity index (χ0) is 15.1. The Morgan fingerprint density at radius 2 is 2.14 bits per heavy atom. The van der Waals surface area contributed by atoms with E-state index in [1.165, 1.54) is 0 Å².